The minimum Gasteiger partial charge on any atom is -0.245 e. The second-order valence-electron chi connectivity index (χ2n) is 7.11. The van der Waals surface area contributed by atoms with Crippen molar-refractivity contribution in [3.05, 3.63) is 52.8 Å². The zero-order valence-corrected chi connectivity index (χ0v) is 16.8. The lowest BCUT2D eigenvalue weighted by Gasteiger charge is -2.09. The van der Waals surface area contributed by atoms with Gasteiger partial charge in [0.15, 0.2) is 0 Å². The number of unbranched alkanes of at least 4 members (excludes halogenated alkanes) is 1. The van der Waals surface area contributed by atoms with Crippen LogP contribution in [0.4, 0.5) is 5.95 Å². The van der Waals surface area contributed by atoms with Gasteiger partial charge in [0.2, 0.25) is 5.95 Å². The van der Waals surface area contributed by atoms with Gasteiger partial charge in [0.05, 0.1) is 5.71 Å². The molecule has 0 amide bonds. The van der Waals surface area contributed by atoms with Gasteiger partial charge in [0.25, 0.3) is 0 Å². The summed E-state index contributed by atoms with van der Waals surface area (Å²) in [6.07, 6.45) is 5.35. The van der Waals surface area contributed by atoms with E-state index < -0.39 is 0 Å². The molecule has 0 atom stereocenters. The molecule has 2 aromatic rings. The van der Waals surface area contributed by atoms with Gasteiger partial charge in [-0.25, -0.2) is 15.4 Å². The molecular formula is C22H32N4. The van der Waals surface area contributed by atoms with Crippen molar-refractivity contribution in [2.45, 2.75) is 72.6 Å². The van der Waals surface area contributed by atoms with Crippen LogP contribution in [0.1, 0.15) is 82.3 Å². The van der Waals surface area contributed by atoms with Gasteiger partial charge >= 0.3 is 0 Å². The topological polar surface area (TPSA) is 50.2 Å². The molecule has 0 bridgehead atoms. The highest BCUT2D eigenvalue weighted by Gasteiger charge is 2.05. The van der Waals surface area contributed by atoms with E-state index in [2.05, 4.69) is 78.5 Å². The van der Waals surface area contributed by atoms with Crippen LogP contribution in [0.5, 0.6) is 0 Å². The number of hydrogen-bond acceptors (Lipinski definition) is 4. The molecule has 0 saturated heterocycles. The van der Waals surface area contributed by atoms with Crippen LogP contribution in [0.3, 0.4) is 0 Å². The molecule has 4 heteroatoms. The summed E-state index contributed by atoms with van der Waals surface area (Å²) in [5, 5.41) is 4.50. The molecule has 26 heavy (non-hydrogen) atoms. The molecule has 0 unspecified atom stereocenters. The first kappa shape index (κ1) is 20.1. The Morgan fingerprint density at radius 2 is 1.65 bits per heavy atom. The number of benzene rings is 1. The second kappa shape index (κ2) is 10.0. The lowest BCUT2D eigenvalue weighted by molar-refractivity contribution is 0.765. The third-order valence-electron chi connectivity index (χ3n) is 4.44. The maximum atomic E-state index is 4.63. The summed E-state index contributed by atoms with van der Waals surface area (Å²) in [4.78, 5) is 9.23. The molecular weight excluding hydrogens is 320 g/mol. The van der Waals surface area contributed by atoms with Crippen LogP contribution in [-0.4, -0.2) is 15.7 Å². The Bertz CT molecular complexity index is 717. The Hall–Kier alpha value is -2.23. The lowest BCUT2D eigenvalue weighted by Crippen LogP contribution is -2.06. The molecule has 1 heterocycles. The van der Waals surface area contributed by atoms with Crippen LogP contribution in [0.25, 0.3) is 0 Å². The molecule has 0 spiro atoms. The minimum atomic E-state index is 0.538. The number of rotatable bonds is 9. The summed E-state index contributed by atoms with van der Waals surface area (Å²) < 4.78 is 0. The van der Waals surface area contributed by atoms with Crippen molar-refractivity contribution in [3.8, 4) is 0 Å². The average Bonchev–Trinajstić information content (AvgIpc) is 2.64. The summed E-state index contributed by atoms with van der Waals surface area (Å²) in [5.41, 5.74) is 8.63. The Kier molecular flexibility index (Phi) is 7.76. The smallest absolute Gasteiger partial charge is 0.243 e. The normalized spacial score (nSPS) is 11.8. The number of nitrogens with one attached hydrogen (secondary N) is 1. The van der Waals surface area contributed by atoms with Crippen LogP contribution in [-0.2, 0) is 12.8 Å². The molecule has 0 aliphatic carbocycles. The van der Waals surface area contributed by atoms with E-state index in [1.807, 2.05) is 6.92 Å². The number of aryl methyl sites for hydroxylation is 2. The number of nitrogens with zero attached hydrogens (tertiary/aromatic N) is 3. The molecule has 0 aliphatic heterocycles. The van der Waals surface area contributed by atoms with Gasteiger partial charge in [0.1, 0.15) is 0 Å². The van der Waals surface area contributed by atoms with Gasteiger partial charge in [0, 0.05) is 11.4 Å². The third kappa shape index (κ3) is 5.94. The highest BCUT2D eigenvalue weighted by atomic mass is 15.4. The Labute approximate surface area is 158 Å². The van der Waals surface area contributed by atoms with E-state index in [1.54, 1.807) is 0 Å². The van der Waals surface area contributed by atoms with Crippen molar-refractivity contribution in [1.29, 1.82) is 0 Å². The standard InChI is InChI=1S/C22H32N4/c1-6-8-10-21-15-20(9-7-2)23-22(24-21)26-25-17(5)19-13-11-18(12-14-19)16(3)4/h11-16H,6-10H2,1-5H3,(H,23,24,26). The van der Waals surface area contributed by atoms with Crippen LogP contribution in [0.15, 0.2) is 35.4 Å². The number of hydrazone groups is 1. The highest BCUT2D eigenvalue weighted by Crippen LogP contribution is 2.15. The summed E-state index contributed by atoms with van der Waals surface area (Å²) >= 11 is 0. The Morgan fingerprint density at radius 1 is 1.00 bits per heavy atom. The first-order valence-electron chi connectivity index (χ1n) is 9.81. The van der Waals surface area contributed by atoms with E-state index in [1.165, 1.54) is 12.0 Å². The van der Waals surface area contributed by atoms with Gasteiger partial charge in [-0.15, -0.1) is 0 Å². The summed E-state index contributed by atoms with van der Waals surface area (Å²) in [6, 6.07) is 10.7. The number of hydrogen-bond donors (Lipinski definition) is 1. The van der Waals surface area contributed by atoms with E-state index in [0.717, 1.165) is 48.3 Å². The third-order valence-corrected chi connectivity index (χ3v) is 4.44. The predicted octanol–water partition coefficient (Wildman–Crippen LogP) is 5.73. The van der Waals surface area contributed by atoms with Gasteiger partial charge in [-0.1, -0.05) is 64.8 Å². The molecule has 140 valence electrons. The van der Waals surface area contributed by atoms with Crippen molar-refractivity contribution in [2.24, 2.45) is 5.10 Å². The molecule has 4 nitrogen and oxygen atoms in total. The molecule has 1 N–H and O–H groups in total. The summed E-state index contributed by atoms with van der Waals surface area (Å²) in [5.74, 6) is 1.14. The van der Waals surface area contributed by atoms with Crippen LogP contribution in [0, 0.1) is 0 Å². The van der Waals surface area contributed by atoms with Gasteiger partial charge in [-0.3, -0.25) is 0 Å². The van der Waals surface area contributed by atoms with Gasteiger partial charge < -0.3 is 0 Å². The molecule has 0 radical (unpaired) electrons. The zero-order chi connectivity index (χ0) is 18.9. The van der Waals surface area contributed by atoms with Crippen molar-refractivity contribution >= 4 is 11.7 Å². The molecule has 0 aliphatic rings. The Morgan fingerprint density at radius 3 is 2.23 bits per heavy atom. The SMILES string of the molecule is CCCCc1cc(CCC)nc(NN=C(C)c2ccc(C(C)C)cc2)n1. The second-order valence-corrected chi connectivity index (χ2v) is 7.11. The van der Waals surface area contributed by atoms with E-state index in [-0.39, 0.29) is 0 Å². The zero-order valence-electron chi connectivity index (χ0n) is 16.8. The molecule has 1 aromatic heterocycles. The van der Waals surface area contributed by atoms with Gasteiger partial charge in [-0.05, 0) is 49.3 Å². The molecule has 0 fully saturated rings. The quantitative estimate of drug-likeness (QED) is 0.463. The molecule has 2 rings (SSSR count). The predicted molar refractivity (Wildman–Crippen MR) is 111 cm³/mol. The highest BCUT2D eigenvalue weighted by molar-refractivity contribution is 5.99. The van der Waals surface area contributed by atoms with E-state index in [9.17, 15) is 0 Å². The van der Waals surface area contributed by atoms with Crippen LogP contribution < -0.4 is 5.43 Å². The molecule has 0 saturated carbocycles. The fourth-order valence-corrected chi connectivity index (χ4v) is 2.78. The summed E-state index contributed by atoms with van der Waals surface area (Å²) in [6.45, 7) is 10.8. The molecule has 1 aromatic carbocycles. The van der Waals surface area contributed by atoms with E-state index in [4.69, 9.17) is 0 Å². The van der Waals surface area contributed by atoms with E-state index in [0.29, 0.717) is 11.9 Å². The lowest BCUT2D eigenvalue weighted by atomic mass is 10.0. The van der Waals surface area contributed by atoms with Crippen molar-refractivity contribution < 1.29 is 0 Å². The summed E-state index contributed by atoms with van der Waals surface area (Å²) in [7, 11) is 0. The first-order chi connectivity index (χ1) is 12.5. The maximum Gasteiger partial charge on any atom is 0.243 e. The fourth-order valence-electron chi connectivity index (χ4n) is 2.78. The first-order valence-corrected chi connectivity index (χ1v) is 9.81. The number of anilines is 1. The van der Waals surface area contributed by atoms with Gasteiger partial charge in [-0.2, -0.15) is 5.10 Å². The maximum absolute atomic E-state index is 4.63. The van der Waals surface area contributed by atoms with Crippen LogP contribution in [0.2, 0.25) is 0 Å². The monoisotopic (exact) mass is 352 g/mol. The van der Waals surface area contributed by atoms with Crippen molar-refractivity contribution in [3.63, 3.8) is 0 Å². The van der Waals surface area contributed by atoms with Crippen molar-refractivity contribution in [2.75, 3.05) is 5.43 Å². The average molecular weight is 353 g/mol. The minimum absolute atomic E-state index is 0.538. The largest absolute Gasteiger partial charge is 0.245 e. The Balaban J connectivity index is 2.14. The van der Waals surface area contributed by atoms with Crippen molar-refractivity contribution in [1.82, 2.24) is 9.97 Å². The number of aromatic nitrogens is 2. The van der Waals surface area contributed by atoms with E-state index >= 15 is 0 Å². The fraction of sp³-hybridized carbons (Fsp3) is 0.500. The van der Waals surface area contributed by atoms with Crippen LogP contribution >= 0.6 is 0 Å².